The predicted octanol–water partition coefficient (Wildman–Crippen LogP) is 5.26. The fourth-order valence-electron chi connectivity index (χ4n) is 4.03. The monoisotopic (exact) mass is 647 g/mol. The Balaban J connectivity index is 1.47. The van der Waals surface area contributed by atoms with Crippen LogP contribution >= 0.6 is 23.2 Å². The second kappa shape index (κ2) is 12.4. The van der Waals surface area contributed by atoms with Gasteiger partial charge in [0, 0.05) is 23.3 Å². The maximum absolute atomic E-state index is 14.7. The summed E-state index contributed by atoms with van der Waals surface area (Å²) < 4.78 is 54.6. The van der Waals surface area contributed by atoms with E-state index in [1.807, 2.05) is 0 Å². The van der Waals surface area contributed by atoms with E-state index in [-0.39, 0.29) is 45.6 Å². The molecule has 5 rings (SSSR count). The van der Waals surface area contributed by atoms with Crippen LogP contribution in [-0.4, -0.2) is 46.8 Å². The third-order valence-corrected chi connectivity index (χ3v) is 6.74. The number of carbonyl (C=O) groups is 2. The van der Waals surface area contributed by atoms with Crippen molar-refractivity contribution in [2.45, 2.75) is 26.2 Å². The Kier molecular flexibility index (Phi) is 8.60. The van der Waals surface area contributed by atoms with Gasteiger partial charge in [0.1, 0.15) is 18.1 Å². The first-order valence-electron chi connectivity index (χ1n) is 12.6. The number of hydrogen-bond donors (Lipinski definition) is 2. The maximum atomic E-state index is 14.7. The minimum absolute atomic E-state index is 0.0185. The molecule has 0 fully saturated rings. The predicted molar refractivity (Wildman–Crippen MR) is 150 cm³/mol. The number of nitrogens with one attached hydrogen (secondary N) is 2. The van der Waals surface area contributed by atoms with Crippen molar-refractivity contribution < 1.29 is 27.2 Å². The van der Waals surface area contributed by atoms with Crippen LogP contribution in [0.4, 0.5) is 23.2 Å². The van der Waals surface area contributed by atoms with Gasteiger partial charge in [-0.15, -0.1) is 10.2 Å². The number of anilines is 1. The average molecular weight is 648 g/mol. The van der Waals surface area contributed by atoms with E-state index in [9.17, 15) is 27.2 Å². The second-order valence-corrected chi connectivity index (χ2v) is 10.1. The van der Waals surface area contributed by atoms with Crippen molar-refractivity contribution in [2.75, 3.05) is 5.32 Å². The lowest BCUT2D eigenvalue weighted by atomic mass is 10.1. The van der Waals surface area contributed by atoms with Crippen LogP contribution in [0.3, 0.4) is 0 Å². The van der Waals surface area contributed by atoms with Gasteiger partial charge in [0.2, 0.25) is 0 Å². The summed E-state index contributed by atoms with van der Waals surface area (Å²) in [6, 6.07) is 13.4. The molecule has 0 spiro atoms. The SMILES string of the molecule is Cc1c(F)ccc(C(=O)NCc2ccc(Cl)cc2)c1NC(=O)c1cc(Cn2nnc(C(F)(F)F)n2)nn1-c1ncccc1Cl. The Hall–Kier alpha value is -4.89. The Morgan fingerprint density at radius 2 is 1.75 bits per heavy atom. The average Bonchev–Trinajstić information content (AvgIpc) is 3.63. The topological polar surface area (TPSA) is 133 Å². The van der Waals surface area contributed by atoms with Crippen LogP contribution < -0.4 is 10.6 Å². The van der Waals surface area contributed by atoms with Crippen molar-refractivity contribution in [3.63, 3.8) is 0 Å². The maximum Gasteiger partial charge on any atom is 0.455 e. The Labute approximate surface area is 255 Å². The first-order chi connectivity index (χ1) is 20.9. The van der Waals surface area contributed by atoms with Gasteiger partial charge >= 0.3 is 6.18 Å². The molecule has 2 aromatic carbocycles. The molecule has 5 aromatic rings. The highest BCUT2D eigenvalue weighted by atomic mass is 35.5. The Morgan fingerprint density at radius 3 is 2.43 bits per heavy atom. The number of pyridine rings is 1. The van der Waals surface area contributed by atoms with Gasteiger partial charge in [-0.3, -0.25) is 9.59 Å². The van der Waals surface area contributed by atoms with E-state index in [0.717, 1.165) is 16.3 Å². The summed E-state index contributed by atoms with van der Waals surface area (Å²) in [5, 5.41) is 19.9. The minimum Gasteiger partial charge on any atom is -0.348 e. The van der Waals surface area contributed by atoms with E-state index in [2.05, 4.69) is 36.1 Å². The van der Waals surface area contributed by atoms with Gasteiger partial charge in [0.05, 0.1) is 22.0 Å². The molecule has 0 saturated carbocycles. The zero-order valence-corrected chi connectivity index (χ0v) is 23.9. The van der Waals surface area contributed by atoms with Gasteiger partial charge in [0.15, 0.2) is 5.82 Å². The molecule has 0 unspecified atom stereocenters. The number of amides is 2. The molecule has 11 nitrogen and oxygen atoms in total. The molecule has 44 heavy (non-hydrogen) atoms. The van der Waals surface area contributed by atoms with Crippen LogP contribution in [0.15, 0.2) is 60.8 Å². The third kappa shape index (κ3) is 6.68. The van der Waals surface area contributed by atoms with Crippen LogP contribution in [0.25, 0.3) is 5.82 Å². The molecule has 2 N–H and O–H groups in total. The van der Waals surface area contributed by atoms with Crippen molar-refractivity contribution in [3.05, 3.63) is 111 Å². The molecule has 0 radical (unpaired) electrons. The van der Waals surface area contributed by atoms with Gasteiger partial charge in [-0.2, -0.15) is 23.1 Å². The summed E-state index contributed by atoms with van der Waals surface area (Å²) in [5.41, 5.74) is 0.441. The number of carbonyl (C=O) groups excluding carboxylic acids is 2. The summed E-state index contributed by atoms with van der Waals surface area (Å²) in [6.07, 6.45) is -3.43. The van der Waals surface area contributed by atoms with E-state index in [1.54, 1.807) is 30.3 Å². The van der Waals surface area contributed by atoms with Crippen molar-refractivity contribution in [1.29, 1.82) is 0 Å². The van der Waals surface area contributed by atoms with Crippen molar-refractivity contribution in [1.82, 2.24) is 40.3 Å². The lowest BCUT2D eigenvalue weighted by molar-refractivity contribution is -0.145. The molecular formula is C27H19Cl2F4N9O2. The van der Waals surface area contributed by atoms with Crippen molar-refractivity contribution >= 4 is 40.7 Å². The molecular weight excluding hydrogens is 629 g/mol. The Bertz CT molecular complexity index is 1860. The number of alkyl halides is 3. The van der Waals surface area contributed by atoms with E-state index in [4.69, 9.17) is 23.2 Å². The van der Waals surface area contributed by atoms with Crippen molar-refractivity contribution in [2.24, 2.45) is 0 Å². The first kappa shape index (κ1) is 30.6. The minimum atomic E-state index is -4.81. The molecule has 0 aliphatic rings. The molecule has 0 aliphatic carbocycles. The summed E-state index contributed by atoms with van der Waals surface area (Å²) in [6.45, 7) is 1.10. The summed E-state index contributed by atoms with van der Waals surface area (Å²) in [7, 11) is 0. The van der Waals surface area contributed by atoms with Gasteiger partial charge in [-0.05, 0) is 60.2 Å². The zero-order chi connectivity index (χ0) is 31.6. The normalized spacial score (nSPS) is 11.4. The van der Waals surface area contributed by atoms with Gasteiger partial charge in [-0.25, -0.2) is 14.1 Å². The molecule has 0 saturated heterocycles. The zero-order valence-electron chi connectivity index (χ0n) is 22.4. The summed E-state index contributed by atoms with van der Waals surface area (Å²) >= 11 is 12.2. The molecule has 3 heterocycles. The van der Waals surface area contributed by atoms with Crippen LogP contribution in [0.2, 0.25) is 10.0 Å². The second-order valence-electron chi connectivity index (χ2n) is 9.24. The number of aromatic nitrogens is 7. The molecule has 0 aliphatic heterocycles. The number of rotatable bonds is 8. The van der Waals surface area contributed by atoms with Gasteiger partial charge in [-0.1, -0.05) is 35.3 Å². The molecule has 3 aromatic heterocycles. The number of hydrogen-bond acceptors (Lipinski definition) is 7. The van der Waals surface area contributed by atoms with Gasteiger partial charge < -0.3 is 10.6 Å². The highest BCUT2D eigenvalue weighted by Crippen LogP contribution is 2.27. The highest BCUT2D eigenvalue weighted by molar-refractivity contribution is 6.32. The smallest absolute Gasteiger partial charge is 0.348 e. The molecule has 0 atom stereocenters. The summed E-state index contributed by atoms with van der Waals surface area (Å²) in [4.78, 5) is 31.6. The van der Waals surface area contributed by atoms with Gasteiger partial charge in [0.25, 0.3) is 17.6 Å². The first-order valence-corrected chi connectivity index (χ1v) is 13.3. The quantitative estimate of drug-likeness (QED) is 0.220. The van der Waals surface area contributed by atoms with E-state index in [1.165, 1.54) is 31.3 Å². The number of benzene rings is 2. The molecule has 2 amide bonds. The van der Waals surface area contributed by atoms with E-state index < -0.39 is 36.2 Å². The summed E-state index contributed by atoms with van der Waals surface area (Å²) in [5.74, 6) is -3.57. The molecule has 17 heteroatoms. The fraction of sp³-hybridized carbons (Fsp3) is 0.148. The number of nitrogens with zero attached hydrogens (tertiary/aromatic N) is 7. The lowest BCUT2D eigenvalue weighted by Crippen LogP contribution is -2.26. The molecule has 226 valence electrons. The van der Waals surface area contributed by atoms with E-state index in [0.29, 0.717) is 9.82 Å². The van der Waals surface area contributed by atoms with Crippen LogP contribution in [0.5, 0.6) is 0 Å². The van der Waals surface area contributed by atoms with Crippen LogP contribution in [0.1, 0.15) is 43.5 Å². The largest absolute Gasteiger partial charge is 0.455 e. The standard InChI is InChI=1S/C27H19Cl2F4N9O2/c1-14-20(30)9-8-18(24(43)35-12-15-4-6-16(28)7-5-15)22(14)36-25(44)21-11-17(13-41-39-26(37-40-41)27(31,32)33)38-42(21)23-19(29)3-2-10-34-23/h2-11H,12-13H2,1H3,(H,35,43)(H,36,44). The Morgan fingerprint density at radius 1 is 1.00 bits per heavy atom. The molecule has 0 bridgehead atoms. The fourth-order valence-corrected chi connectivity index (χ4v) is 4.35. The van der Waals surface area contributed by atoms with Crippen LogP contribution in [0, 0.1) is 12.7 Å². The van der Waals surface area contributed by atoms with E-state index >= 15 is 0 Å². The highest BCUT2D eigenvalue weighted by Gasteiger charge is 2.37. The number of halogens is 6. The van der Waals surface area contributed by atoms with Crippen LogP contribution in [-0.2, 0) is 19.3 Å². The third-order valence-electron chi connectivity index (χ3n) is 6.19. The lowest BCUT2D eigenvalue weighted by Gasteiger charge is -2.15. The van der Waals surface area contributed by atoms with Crippen molar-refractivity contribution in [3.8, 4) is 5.82 Å². The number of tetrazole rings is 1.